The Labute approximate surface area is 155 Å². The van der Waals surface area contributed by atoms with Gasteiger partial charge in [-0.1, -0.05) is 48.0 Å². The van der Waals surface area contributed by atoms with Gasteiger partial charge >= 0.3 is 0 Å². The molecule has 2 aromatic carbocycles. The van der Waals surface area contributed by atoms with Gasteiger partial charge in [-0.05, 0) is 24.6 Å². The molecule has 1 N–H and O–H groups in total. The van der Waals surface area contributed by atoms with Crippen molar-refractivity contribution in [2.24, 2.45) is 0 Å². The molecule has 0 aromatic heterocycles. The number of nitrogens with one attached hydrogen (secondary N) is 1. The van der Waals surface area contributed by atoms with Gasteiger partial charge in [-0.15, -0.1) is 0 Å². The number of hydrogen-bond acceptors (Lipinski definition) is 3. The quantitative estimate of drug-likeness (QED) is 0.753. The van der Waals surface area contributed by atoms with Gasteiger partial charge in [0.2, 0.25) is 11.8 Å². The van der Waals surface area contributed by atoms with Gasteiger partial charge < -0.3 is 15.0 Å². The van der Waals surface area contributed by atoms with Gasteiger partial charge in [0, 0.05) is 26.6 Å². The fourth-order valence-corrected chi connectivity index (χ4v) is 2.46. The first kappa shape index (κ1) is 19.5. The minimum absolute atomic E-state index is 0.00719. The van der Waals surface area contributed by atoms with Crippen molar-refractivity contribution in [2.45, 2.75) is 26.8 Å². The molecule has 0 atom stereocenters. The van der Waals surface area contributed by atoms with Crippen LogP contribution in [0.15, 0.2) is 54.6 Å². The van der Waals surface area contributed by atoms with Crippen LogP contribution in [0.3, 0.4) is 0 Å². The Kier molecular flexibility index (Phi) is 7.68. The summed E-state index contributed by atoms with van der Waals surface area (Å²) < 4.78 is 5.51. The van der Waals surface area contributed by atoms with Crippen molar-refractivity contribution in [3.63, 3.8) is 0 Å². The van der Waals surface area contributed by atoms with E-state index in [1.807, 2.05) is 61.5 Å². The molecule has 2 aromatic rings. The molecule has 0 spiro atoms. The fraction of sp³-hybridized carbons (Fsp3) is 0.333. The molecule has 138 valence electrons. The van der Waals surface area contributed by atoms with Crippen LogP contribution in [0, 0.1) is 6.92 Å². The van der Waals surface area contributed by atoms with E-state index in [2.05, 4.69) is 5.32 Å². The predicted octanol–water partition coefficient (Wildman–Crippen LogP) is 2.93. The van der Waals surface area contributed by atoms with Gasteiger partial charge in [-0.3, -0.25) is 9.59 Å². The number of hydrogen-bond donors (Lipinski definition) is 1. The molecule has 0 saturated heterocycles. The van der Waals surface area contributed by atoms with Crippen molar-refractivity contribution in [3.05, 3.63) is 65.7 Å². The second-order valence-corrected chi connectivity index (χ2v) is 6.19. The van der Waals surface area contributed by atoms with E-state index in [4.69, 9.17) is 4.74 Å². The van der Waals surface area contributed by atoms with E-state index in [0.29, 0.717) is 26.2 Å². The SMILES string of the molecule is CC(=O)N(CCNC(=O)CCOc1ccccc1)Cc1ccc(C)cc1. The molecule has 0 saturated carbocycles. The van der Waals surface area contributed by atoms with E-state index in [9.17, 15) is 9.59 Å². The van der Waals surface area contributed by atoms with Gasteiger partial charge in [0.25, 0.3) is 0 Å². The second kappa shape index (κ2) is 10.2. The molecule has 2 amide bonds. The van der Waals surface area contributed by atoms with Crippen LogP contribution in [0.1, 0.15) is 24.5 Å². The average Bonchev–Trinajstić information content (AvgIpc) is 2.63. The molecule has 0 heterocycles. The Bertz CT molecular complexity index is 699. The van der Waals surface area contributed by atoms with Crippen LogP contribution in [-0.4, -0.2) is 36.4 Å². The number of rotatable bonds is 9. The lowest BCUT2D eigenvalue weighted by Gasteiger charge is -2.21. The van der Waals surface area contributed by atoms with Crippen LogP contribution < -0.4 is 10.1 Å². The summed E-state index contributed by atoms with van der Waals surface area (Å²) in [7, 11) is 0. The van der Waals surface area contributed by atoms with Gasteiger partial charge in [0.05, 0.1) is 13.0 Å². The van der Waals surface area contributed by atoms with Gasteiger partial charge in [-0.25, -0.2) is 0 Å². The van der Waals surface area contributed by atoms with Crippen LogP contribution in [0.5, 0.6) is 5.75 Å². The summed E-state index contributed by atoms with van der Waals surface area (Å²) in [6.07, 6.45) is 0.285. The van der Waals surface area contributed by atoms with Crippen LogP contribution in [0.25, 0.3) is 0 Å². The number of carbonyl (C=O) groups excluding carboxylic acids is 2. The average molecular weight is 354 g/mol. The Morgan fingerprint density at radius 3 is 2.38 bits per heavy atom. The van der Waals surface area contributed by atoms with Gasteiger partial charge in [0.15, 0.2) is 0 Å². The molecule has 26 heavy (non-hydrogen) atoms. The first-order valence-electron chi connectivity index (χ1n) is 8.80. The third-order valence-electron chi connectivity index (χ3n) is 3.98. The number of carbonyl (C=O) groups is 2. The van der Waals surface area contributed by atoms with Crippen molar-refractivity contribution < 1.29 is 14.3 Å². The first-order chi connectivity index (χ1) is 12.5. The fourth-order valence-electron chi connectivity index (χ4n) is 2.46. The molecule has 0 aliphatic rings. The number of amides is 2. The summed E-state index contributed by atoms with van der Waals surface area (Å²) in [4.78, 5) is 25.4. The maximum atomic E-state index is 11.9. The van der Waals surface area contributed by atoms with Crippen molar-refractivity contribution >= 4 is 11.8 Å². The zero-order valence-corrected chi connectivity index (χ0v) is 15.4. The zero-order valence-electron chi connectivity index (χ0n) is 15.4. The summed E-state index contributed by atoms with van der Waals surface area (Å²) in [5, 5.41) is 2.84. The van der Waals surface area contributed by atoms with Crippen molar-refractivity contribution in [3.8, 4) is 5.75 Å². The lowest BCUT2D eigenvalue weighted by molar-refractivity contribution is -0.130. The minimum Gasteiger partial charge on any atom is -0.493 e. The molecule has 0 aliphatic carbocycles. The molecule has 0 bridgehead atoms. The predicted molar refractivity (Wildman–Crippen MR) is 102 cm³/mol. The third kappa shape index (κ3) is 6.97. The Hall–Kier alpha value is -2.82. The van der Waals surface area contributed by atoms with Crippen molar-refractivity contribution in [1.82, 2.24) is 10.2 Å². The van der Waals surface area contributed by atoms with Crippen molar-refractivity contribution in [1.29, 1.82) is 0 Å². The van der Waals surface area contributed by atoms with Crippen LogP contribution in [-0.2, 0) is 16.1 Å². The standard InChI is InChI=1S/C21H26N2O3/c1-17-8-10-19(11-9-17)16-23(18(2)24)14-13-22-21(25)12-15-26-20-6-4-3-5-7-20/h3-11H,12-16H2,1-2H3,(H,22,25). The molecule has 0 radical (unpaired) electrons. The molecule has 0 aliphatic heterocycles. The van der Waals surface area contributed by atoms with Gasteiger partial charge in [-0.2, -0.15) is 0 Å². The van der Waals surface area contributed by atoms with Crippen LogP contribution >= 0.6 is 0 Å². The lowest BCUT2D eigenvalue weighted by Crippen LogP contribution is -2.37. The highest BCUT2D eigenvalue weighted by Crippen LogP contribution is 2.08. The molecule has 0 fully saturated rings. The lowest BCUT2D eigenvalue weighted by atomic mass is 10.1. The molecule has 2 rings (SSSR count). The van der Waals surface area contributed by atoms with E-state index in [-0.39, 0.29) is 18.2 Å². The highest BCUT2D eigenvalue weighted by Gasteiger charge is 2.10. The van der Waals surface area contributed by atoms with E-state index in [1.54, 1.807) is 11.8 Å². The third-order valence-corrected chi connectivity index (χ3v) is 3.98. The maximum Gasteiger partial charge on any atom is 0.223 e. The Balaban J connectivity index is 1.69. The maximum absolute atomic E-state index is 11.9. The van der Waals surface area contributed by atoms with E-state index >= 15 is 0 Å². The number of benzene rings is 2. The van der Waals surface area contributed by atoms with E-state index in [1.165, 1.54) is 5.56 Å². The zero-order chi connectivity index (χ0) is 18.8. The highest BCUT2D eigenvalue weighted by molar-refractivity contribution is 5.76. The number of nitrogens with zero attached hydrogens (tertiary/aromatic N) is 1. The minimum atomic E-state index is -0.0835. The summed E-state index contributed by atoms with van der Waals surface area (Å²) in [5.41, 5.74) is 2.27. The van der Waals surface area contributed by atoms with Crippen molar-refractivity contribution in [2.75, 3.05) is 19.7 Å². The molecular formula is C21H26N2O3. The first-order valence-corrected chi connectivity index (χ1v) is 8.80. The topological polar surface area (TPSA) is 58.6 Å². The normalized spacial score (nSPS) is 10.2. The smallest absolute Gasteiger partial charge is 0.223 e. The Morgan fingerprint density at radius 1 is 1.04 bits per heavy atom. The molecular weight excluding hydrogens is 328 g/mol. The van der Waals surface area contributed by atoms with Crippen LogP contribution in [0.4, 0.5) is 0 Å². The highest BCUT2D eigenvalue weighted by atomic mass is 16.5. The summed E-state index contributed by atoms with van der Waals surface area (Å²) >= 11 is 0. The Morgan fingerprint density at radius 2 is 1.73 bits per heavy atom. The molecule has 0 unspecified atom stereocenters. The second-order valence-electron chi connectivity index (χ2n) is 6.19. The number of para-hydroxylation sites is 1. The number of aryl methyl sites for hydroxylation is 1. The van der Waals surface area contributed by atoms with Crippen LogP contribution in [0.2, 0.25) is 0 Å². The van der Waals surface area contributed by atoms with Gasteiger partial charge in [0.1, 0.15) is 5.75 Å². The summed E-state index contributed by atoms with van der Waals surface area (Å²) in [6, 6.07) is 17.5. The monoisotopic (exact) mass is 354 g/mol. The summed E-state index contributed by atoms with van der Waals surface area (Å²) in [6.45, 7) is 5.36. The molecule has 5 heteroatoms. The largest absolute Gasteiger partial charge is 0.493 e. The van der Waals surface area contributed by atoms with E-state index < -0.39 is 0 Å². The number of ether oxygens (including phenoxy) is 1. The summed E-state index contributed by atoms with van der Waals surface area (Å²) in [5.74, 6) is 0.660. The molecule has 5 nitrogen and oxygen atoms in total. The van der Waals surface area contributed by atoms with E-state index in [0.717, 1.165) is 11.3 Å².